The first-order valence-corrected chi connectivity index (χ1v) is 8.42. The van der Waals surface area contributed by atoms with Gasteiger partial charge in [-0.05, 0) is 42.0 Å². The van der Waals surface area contributed by atoms with Crippen molar-refractivity contribution in [2.24, 2.45) is 0 Å². The third-order valence-electron chi connectivity index (χ3n) is 3.11. The second kappa shape index (κ2) is 6.61. The predicted octanol–water partition coefficient (Wildman–Crippen LogP) is 5.54. The molecule has 0 unspecified atom stereocenters. The van der Waals surface area contributed by atoms with Crippen molar-refractivity contribution in [2.75, 3.05) is 4.90 Å². The van der Waals surface area contributed by atoms with Gasteiger partial charge in [0.2, 0.25) is 0 Å². The lowest BCUT2D eigenvalue weighted by atomic mass is 10.2. The minimum absolute atomic E-state index is 0.270. The Bertz CT molecular complexity index is 836. The van der Waals surface area contributed by atoms with Crippen molar-refractivity contribution in [1.82, 2.24) is 0 Å². The van der Waals surface area contributed by atoms with E-state index >= 15 is 0 Å². The summed E-state index contributed by atoms with van der Waals surface area (Å²) in [5, 5.41) is 0.822. The van der Waals surface area contributed by atoms with Crippen molar-refractivity contribution in [3.8, 4) is 0 Å². The fourth-order valence-corrected chi connectivity index (χ4v) is 3.83. The van der Waals surface area contributed by atoms with Gasteiger partial charge in [0.25, 0.3) is 5.91 Å². The fraction of sp³-hybridized carbons (Fsp3) is 0. The molecule has 2 aromatic rings. The van der Waals surface area contributed by atoms with Gasteiger partial charge >= 0.3 is 0 Å². The first-order chi connectivity index (χ1) is 11.0. The van der Waals surface area contributed by atoms with Crippen LogP contribution in [0.4, 0.5) is 10.1 Å². The van der Waals surface area contributed by atoms with Crippen LogP contribution >= 0.6 is 47.2 Å². The van der Waals surface area contributed by atoms with Gasteiger partial charge in [0, 0.05) is 5.02 Å². The van der Waals surface area contributed by atoms with Crippen LogP contribution in [0.15, 0.2) is 47.4 Å². The molecule has 2 aromatic carbocycles. The number of hydrogen-bond donors (Lipinski definition) is 0. The number of amides is 1. The summed E-state index contributed by atoms with van der Waals surface area (Å²) in [4.78, 5) is 14.4. The smallest absolute Gasteiger partial charge is 0.268 e. The normalized spacial score (nSPS) is 16.5. The van der Waals surface area contributed by atoms with Crippen LogP contribution in [0, 0.1) is 5.82 Å². The average molecular weight is 384 g/mol. The Hall–Kier alpha value is -1.40. The number of anilines is 1. The Morgan fingerprint density at radius 3 is 2.48 bits per heavy atom. The number of carbonyl (C=O) groups is 1. The summed E-state index contributed by atoms with van der Waals surface area (Å²) < 4.78 is 13.3. The molecule has 1 saturated heterocycles. The first kappa shape index (κ1) is 16.5. The van der Waals surface area contributed by atoms with E-state index in [-0.39, 0.29) is 11.7 Å². The molecule has 7 heteroatoms. The van der Waals surface area contributed by atoms with Gasteiger partial charge < -0.3 is 0 Å². The van der Waals surface area contributed by atoms with Gasteiger partial charge in [-0.25, -0.2) is 4.39 Å². The minimum Gasteiger partial charge on any atom is -0.268 e. The van der Waals surface area contributed by atoms with Crippen molar-refractivity contribution in [2.45, 2.75) is 0 Å². The second-order valence-corrected chi connectivity index (χ2v) is 7.18. The van der Waals surface area contributed by atoms with Crippen molar-refractivity contribution < 1.29 is 9.18 Å². The summed E-state index contributed by atoms with van der Waals surface area (Å²) in [5.41, 5.74) is 1.20. The zero-order chi connectivity index (χ0) is 16.6. The van der Waals surface area contributed by atoms with Crippen LogP contribution in [-0.2, 0) is 4.79 Å². The van der Waals surface area contributed by atoms with Crippen molar-refractivity contribution >= 4 is 69.2 Å². The first-order valence-electron chi connectivity index (χ1n) is 6.44. The van der Waals surface area contributed by atoms with Crippen molar-refractivity contribution in [3.05, 3.63) is 68.8 Å². The molecule has 1 amide bonds. The molecule has 0 N–H and O–H groups in total. The summed E-state index contributed by atoms with van der Waals surface area (Å²) >= 11 is 18.5. The molecule has 1 aliphatic rings. The van der Waals surface area contributed by atoms with Crippen molar-refractivity contribution in [3.63, 3.8) is 0 Å². The minimum atomic E-state index is -0.331. The molecule has 2 nitrogen and oxygen atoms in total. The van der Waals surface area contributed by atoms with Gasteiger partial charge in [0.1, 0.15) is 5.82 Å². The lowest BCUT2D eigenvalue weighted by molar-refractivity contribution is -0.113. The lowest BCUT2D eigenvalue weighted by Gasteiger charge is -2.16. The second-order valence-electron chi connectivity index (χ2n) is 4.66. The largest absolute Gasteiger partial charge is 0.270 e. The molecule has 1 fully saturated rings. The molecule has 0 aromatic heterocycles. The van der Waals surface area contributed by atoms with Crippen molar-refractivity contribution in [1.29, 1.82) is 0 Å². The van der Waals surface area contributed by atoms with Crippen LogP contribution in [0.2, 0.25) is 10.0 Å². The highest BCUT2D eigenvalue weighted by atomic mass is 35.5. The zero-order valence-corrected chi connectivity index (χ0v) is 14.6. The van der Waals surface area contributed by atoms with E-state index in [1.807, 2.05) is 0 Å². The summed E-state index contributed by atoms with van der Waals surface area (Å²) in [6.45, 7) is 0. The third kappa shape index (κ3) is 3.43. The highest BCUT2D eigenvalue weighted by molar-refractivity contribution is 8.27. The highest BCUT2D eigenvalue weighted by Crippen LogP contribution is 2.39. The maximum Gasteiger partial charge on any atom is 0.270 e. The van der Waals surface area contributed by atoms with Crippen LogP contribution in [0.5, 0.6) is 0 Å². The topological polar surface area (TPSA) is 20.3 Å². The SMILES string of the molecule is O=C1/C(=C\c2ccc(F)cc2)SC(=S)N1c1ccc(Cl)cc1Cl. The number of nitrogens with zero attached hydrogens (tertiary/aromatic N) is 1. The number of carbonyl (C=O) groups excluding carboxylic acids is 1. The van der Waals surface area contributed by atoms with E-state index in [1.54, 1.807) is 36.4 Å². The lowest BCUT2D eigenvalue weighted by Crippen LogP contribution is -2.27. The fourth-order valence-electron chi connectivity index (χ4n) is 2.05. The molecular weight excluding hydrogens is 376 g/mol. The van der Waals surface area contributed by atoms with E-state index < -0.39 is 0 Å². The van der Waals surface area contributed by atoms with E-state index in [0.717, 1.165) is 0 Å². The summed E-state index contributed by atoms with van der Waals surface area (Å²) in [6, 6.07) is 10.7. The van der Waals surface area contributed by atoms with Gasteiger partial charge in [0.15, 0.2) is 4.32 Å². The van der Waals surface area contributed by atoms with Crippen LogP contribution < -0.4 is 4.90 Å². The molecule has 0 aliphatic carbocycles. The molecule has 1 aliphatic heterocycles. The van der Waals surface area contributed by atoms with E-state index in [0.29, 0.717) is 30.5 Å². The predicted molar refractivity (Wildman–Crippen MR) is 98.5 cm³/mol. The van der Waals surface area contributed by atoms with E-state index in [9.17, 15) is 9.18 Å². The molecule has 0 spiro atoms. The van der Waals surface area contributed by atoms with Gasteiger partial charge in [-0.1, -0.05) is 59.3 Å². The Labute approximate surface area is 151 Å². The van der Waals surface area contributed by atoms with Crippen LogP contribution in [0.25, 0.3) is 6.08 Å². The van der Waals surface area contributed by atoms with Crippen LogP contribution in [0.3, 0.4) is 0 Å². The third-order valence-corrected chi connectivity index (χ3v) is 4.95. The molecule has 3 rings (SSSR count). The molecule has 0 bridgehead atoms. The highest BCUT2D eigenvalue weighted by Gasteiger charge is 2.34. The number of thiocarbonyl (C=S) groups is 1. The Morgan fingerprint density at radius 1 is 1.13 bits per heavy atom. The van der Waals surface area contributed by atoms with Gasteiger partial charge in [-0.3, -0.25) is 9.69 Å². The summed E-state index contributed by atoms with van der Waals surface area (Å²) in [5.74, 6) is -0.601. The van der Waals surface area contributed by atoms with Crippen LogP contribution in [0.1, 0.15) is 5.56 Å². The average Bonchev–Trinajstić information content (AvgIpc) is 2.77. The number of halogens is 3. The number of hydrogen-bond acceptors (Lipinski definition) is 3. The Balaban J connectivity index is 1.95. The van der Waals surface area contributed by atoms with E-state index in [1.165, 1.54) is 28.8 Å². The molecular formula is C16H8Cl2FNOS2. The number of thioether (sulfide) groups is 1. The quantitative estimate of drug-likeness (QED) is 0.501. The molecule has 0 atom stereocenters. The number of rotatable bonds is 2. The maximum absolute atomic E-state index is 13.0. The summed E-state index contributed by atoms with van der Waals surface area (Å²) in [6.07, 6.45) is 1.67. The summed E-state index contributed by atoms with van der Waals surface area (Å²) in [7, 11) is 0. The zero-order valence-electron chi connectivity index (χ0n) is 11.4. The van der Waals surface area contributed by atoms with Crippen LogP contribution in [-0.4, -0.2) is 10.2 Å². The molecule has 0 saturated carbocycles. The van der Waals surface area contributed by atoms with Gasteiger partial charge in [-0.15, -0.1) is 0 Å². The standard InChI is InChI=1S/C16H8Cl2FNOS2/c17-10-3-6-13(12(18)8-10)20-15(21)14(23-16(20)22)7-9-1-4-11(19)5-2-9/h1-8H/b14-7+. The monoisotopic (exact) mass is 383 g/mol. The van der Waals surface area contributed by atoms with E-state index in [4.69, 9.17) is 35.4 Å². The van der Waals surface area contributed by atoms with E-state index in [2.05, 4.69) is 0 Å². The Morgan fingerprint density at radius 2 is 1.83 bits per heavy atom. The maximum atomic E-state index is 13.0. The molecule has 0 radical (unpaired) electrons. The number of benzene rings is 2. The molecule has 116 valence electrons. The van der Waals surface area contributed by atoms with Gasteiger partial charge in [0.05, 0.1) is 15.6 Å². The Kier molecular flexibility index (Phi) is 4.73. The molecule has 1 heterocycles. The van der Waals surface area contributed by atoms with Gasteiger partial charge in [-0.2, -0.15) is 0 Å². The molecule has 23 heavy (non-hydrogen) atoms.